The molecule has 3 rings (SSSR count). The molecule has 0 saturated heterocycles. The van der Waals surface area contributed by atoms with E-state index in [0.717, 1.165) is 11.1 Å². The minimum absolute atomic E-state index is 0.344. The Hall–Kier alpha value is -3.55. The molecule has 3 aromatic rings. The Balaban J connectivity index is 1.96. The van der Waals surface area contributed by atoms with Gasteiger partial charge in [0.15, 0.2) is 6.04 Å². The number of rotatable bonds is 8. The van der Waals surface area contributed by atoms with E-state index in [-0.39, 0.29) is 0 Å². The second kappa shape index (κ2) is 9.09. The predicted octanol–water partition coefficient (Wildman–Crippen LogP) is 2.46. The summed E-state index contributed by atoms with van der Waals surface area (Å²) in [6.07, 6.45) is 1.82. The molecule has 0 bridgehead atoms. The topological polar surface area (TPSA) is 114 Å². The lowest BCUT2D eigenvalue weighted by molar-refractivity contribution is -0.142. The van der Waals surface area contributed by atoms with Crippen molar-refractivity contribution in [2.24, 2.45) is 0 Å². The maximum atomic E-state index is 13.0. The largest absolute Gasteiger partial charge is 0.479 e. The van der Waals surface area contributed by atoms with Gasteiger partial charge in [0.05, 0.1) is 5.39 Å². The van der Waals surface area contributed by atoms with Gasteiger partial charge in [-0.15, -0.1) is 5.10 Å². The molecule has 150 valence electrons. The summed E-state index contributed by atoms with van der Waals surface area (Å²) in [5.41, 5.74) is 0.453. The number of nitrogens with one attached hydrogen (secondary N) is 1. The average Bonchev–Trinajstić information content (AvgIpc) is 2.74. The Kier molecular flexibility index (Phi) is 6.33. The Morgan fingerprint density at radius 1 is 1.10 bits per heavy atom. The van der Waals surface area contributed by atoms with Gasteiger partial charge < -0.3 is 10.4 Å². The Labute approximate surface area is 167 Å². The van der Waals surface area contributed by atoms with Crippen LogP contribution in [0.1, 0.15) is 43.8 Å². The minimum atomic E-state index is -1.23. The van der Waals surface area contributed by atoms with E-state index in [1.54, 1.807) is 54.6 Å². The van der Waals surface area contributed by atoms with Crippen molar-refractivity contribution in [3.8, 4) is 0 Å². The van der Waals surface area contributed by atoms with Crippen molar-refractivity contribution in [2.75, 3.05) is 0 Å². The molecule has 0 spiro atoms. The number of hydrogen-bond donors (Lipinski definition) is 2. The van der Waals surface area contributed by atoms with E-state index < -0.39 is 29.5 Å². The van der Waals surface area contributed by atoms with E-state index in [0.29, 0.717) is 29.3 Å². The van der Waals surface area contributed by atoms with Crippen LogP contribution < -0.4 is 10.9 Å². The summed E-state index contributed by atoms with van der Waals surface area (Å²) in [7, 11) is 0. The Morgan fingerprint density at radius 2 is 1.79 bits per heavy atom. The number of aliphatic carboxylic acids is 1. The summed E-state index contributed by atoms with van der Waals surface area (Å²) >= 11 is 0. The fourth-order valence-electron chi connectivity index (χ4n) is 3.14. The molecule has 0 radical (unpaired) electrons. The van der Waals surface area contributed by atoms with E-state index >= 15 is 0 Å². The summed E-state index contributed by atoms with van der Waals surface area (Å²) in [6, 6.07) is 13.0. The van der Waals surface area contributed by atoms with Crippen LogP contribution in [0.3, 0.4) is 0 Å². The zero-order valence-corrected chi connectivity index (χ0v) is 16.0. The molecule has 0 fully saturated rings. The van der Waals surface area contributed by atoms with Crippen molar-refractivity contribution < 1.29 is 14.7 Å². The number of carbonyl (C=O) groups excluding carboxylic acids is 1. The number of carboxylic acids is 1. The van der Waals surface area contributed by atoms with Gasteiger partial charge >= 0.3 is 5.97 Å². The van der Waals surface area contributed by atoms with Crippen LogP contribution in [0.4, 0.5) is 0 Å². The number of carboxylic acid groups (broad SMARTS) is 1. The number of hydrogen-bond acceptors (Lipinski definition) is 5. The first kappa shape index (κ1) is 20.2. The van der Waals surface area contributed by atoms with Crippen molar-refractivity contribution in [1.82, 2.24) is 20.3 Å². The SMILES string of the molecule is CCCC[C@H](C(=O)N[C@H](C(=O)O)c1ccccc1)n1nnc2ccccc2c1=O. The van der Waals surface area contributed by atoms with Gasteiger partial charge in [-0.1, -0.05) is 67.4 Å². The summed E-state index contributed by atoms with van der Waals surface area (Å²) in [5.74, 6) is -1.77. The van der Waals surface area contributed by atoms with Gasteiger partial charge in [0, 0.05) is 0 Å². The second-order valence-corrected chi connectivity index (χ2v) is 6.70. The molecule has 0 aliphatic rings. The number of amides is 1. The number of aromatic nitrogens is 3. The molecule has 2 atom stereocenters. The minimum Gasteiger partial charge on any atom is -0.479 e. The molecule has 0 saturated carbocycles. The van der Waals surface area contributed by atoms with Crippen molar-refractivity contribution in [3.05, 3.63) is 70.5 Å². The third kappa shape index (κ3) is 4.48. The lowest BCUT2D eigenvalue weighted by atomic mass is 10.0. The standard InChI is InChI=1S/C21H22N4O4/c1-2-3-13-17(25-20(27)15-11-7-8-12-16(15)23-24-25)19(26)22-18(21(28)29)14-9-5-4-6-10-14/h4-12,17-18H,2-3,13H2,1H3,(H,22,26)(H,28,29)/t17-,18+/m1/s1. The molecule has 8 heteroatoms. The van der Waals surface area contributed by atoms with Crippen LogP contribution in [0.25, 0.3) is 10.9 Å². The van der Waals surface area contributed by atoms with Gasteiger partial charge in [0.25, 0.3) is 5.56 Å². The molecule has 1 amide bonds. The van der Waals surface area contributed by atoms with Crippen molar-refractivity contribution in [2.45, 2.75) is 38.3 Å². The van der Waals surface area contributed by atoms with Crippen LogP contribution in [-0.4, -0.2) is 32.0 Å². The zero-order chi connectivity index (χ0) is 20.8. The van der Waals surface area contributed by atoms with Crippen LogP contribution in [0.2, 0.25) is 0 Å². The van der Waals surface area contributed by atoms with Crippen molar-refractivity contribution in [3.63, 3.8) is 0 Å². The first-order chi connectivity index (χ1) is 14.0. The van der Waals surface area contributed by atoms with Gasteiger partial charge in [-0.3, -0.25) is 9.59 Å². The van der Waals surface area contributed by atoms with Crippen LogP contribution in [0.15, 0.2) is 59.4 Å². The van der Waals surface area contributed by atoms with E-state index in [1.807, 2.05) is 6.92 Å². The molecular weight excluding hydrogens is 372 g/mol. The van der Waals surface area contributed by atoms with E-state index in [4.69, 9.17) is 0 Å². The van der Waals surface area contributed by atoms with Crippen LogP contribution in [0.5, 0.6) is 0 Å². The molecule has 2 aromatic carbocycles. The molecule has 29 heavy (non-hydrogen) atoms. The lowest BCUT2D eigenvalue weighted by Crippen LogP contribution is -2.42. The fourth-order valence-corrected chi connectivity index (χ4v) is 3.14. The smallest absolute Gasteiger partial charge is 0.330 e. The molecule has 8 nitrogen and oxygen atoms in total. The molecule has 1 aromatic heterocycles. The maximum absolute atomic E-state index is 13.0. The summed E-state index contributed by atoms with van der Waals surface area (Å²) < 4.78 is 1.05. The Morgan fingerprint density at radius 3 is 2.48 bits per heavy atom. The number of unbranched alkanes of at least 4 members (excludes halogenated alkanes) is 1. The first-order valence-corrected chi connectivity index (χ1v) is 9.45. The number of benzene rings is 2. The third-order valence-corrected chi connectivity index (χ3v) is 4.69. The molecule has 0 unspecified atom stereocenters. The van der Waals surface area contributed by atoms with Gasteiger partial charge in [-0.2, -0.15) is 4.68 Å². The van der Waals surface area contributed by atoms with Crippen molar-refractivity contribution in [1.29, 1.82) is 0 Å². The summed E-state index contributed by atoms with van der Waals surface area (Å²) in [4.78, 5) is 37.7. The summed E-state index contributed by atoms with van der Waals surface area (Å²) in [6.45, 7) is 1.97. The fraction of sp³-hybridized carbons (Fsp3) is 0.286. The molecule has 0 aliphatic carbocycles. The Bertz CT molecular complexity index is 1060. The quantitative estimate of drug-likeness (QED) is 0.607. The maximum Gasteiger partial charge on any atom is 0.330 e. The van der Waals surface area contributed by atoms with Gasteiger partial charge in [-0.25, -0.2) is 4.79 Å². The number of carbonyl (C=O) groups is 2. The highest BCUT2D eigenvalue weighted by Crippen LogP contribution is 2.18. The zero-order valence-electron chi connectivity index (χ0n) is 16.0. The summed E-state index contributed by atoms with van der Waals surface area (Å²) in [5, 5.41) is 20.5. The van der Waals surface area contributed by atoms with Gasteiger partial charge in [-0.05, 0) is 24.1 Å². The highest BCUT2D eigenvalue weighted by atomic mass is 16.4. The molecule has 1 heterocycles. The lowest BCUT2D eigenvalue weighted by Gasteiger charge is -2.21. The number of nitrogens with zero attached hydrogens (tertiary/aromatic N) is 3. The van der Waals surface area contributed by atoms with Gasteiger partial charge in [0.1, 0.15) is 11.6 Å². The number of fused-ring (bicyclic) bond motifs is 1. The van der Waals surface area contributed by atoms with Crippen LogP contribution in [0, 0.1) is 0 Å². The van der Waals surface area contributed by atoms with Crippen LogP contribution in [-0.2, 0) is 9.59 Å². The predicted molar refractivity (Wildman–Crippen MR) is 107 cm³/mol. The van der Waals surface area contributed by atoms with E-state index in [9.17, 15) is 19.5 Å². The highest BCUT2D eigenvalue weighted by molar-refractivity contribution is 5.87. The third-order valence-electron chi connectivity index (χ3n) is 4.69. The van der Waals surface area contributed by atoms with Gasteiger partial charge in [0.2, 0.25) is 5.91 Å². The second-order valence-electron chi connectivity index (χ2n) is 6.70. The first-order valence-electron chi connectivity index (χ1n) is 9.45. The molecule has 0 aliphatic heterocycles. The van der Waals surface area contributed by atoms with Crippen LogP contribution >= 0.6 is 0 Å². The normalized spacial score (nSPS) is 13.0. The van der Waals surface area contributed by atoms with Crippen molar-refractivity contribution >= 4 is 22.8 Å². The molecule has 2 N–H and O–H groups in total. The van der Waals surface area contributed by atoms with E-state index in [2.05, 4.69) is 15.6 Å². The van der Waals surface area contributed by atoms with E-state index in [1.165, 1.54) is 0 Å². The highest BCUT2D eigenvalue weighted by Gasteiger charge is 2.29. The average molecular weight is 394 g/mol. The molecular formula is C21H22N4O4. The monoisotopic (exact) mass is 394 g/mol.